The van der Waals surface area contributed by atoms with E-state index < -0.39 is 0 Å². The van der Waals surface area contributed by atoms with Crippen LogP contribution in [0.2, 0.25) is 0 Å². The molecule has 88 valence electrons. The molecule has 0 spiro atoms. The van der Waals surface area contributed by atoms with Gasteiger partial charge in [-0.3, -0.25) is 4.79 Å². The van der Waals surface area contributed by atoms with E-state index >= 15 is 0 Å². The quantitative estimate of drug-likeness (QED) is 0.592. The minimum atomic E-state index is 0.122. The van der Waals surface area contributed by atoms with Crippen LogP contribution in [0.1, 0.15) is 29.3 Å². The van der Waals surface area contributed by atoms with Crippen molar-refractivity contribution >= 4 is 21.7 Å². The molecule has 1 aromatic rings. The first kappa shape index (κ1) is 13.4. The fourth-order valence-electron chi connectivity index (χ4n) is 1.42. The summed E-state index contributed by atoms with van der Waals surface area (Å²) < 4.78 is 5.19. The monoisotopic (exact) mass is 284 g/mol. The molecule has 0 saturated heterocycles. The fraction of sp³-hybridized carbons (Fsp3) is 0.462. The molecule has 1 rings (SSSR count). The van der Waals surface area contributed by atoms with Gasteiger partial charge in [-0.15, -0.1) is 0 Å². The number of ether oxygens (including phenoxy) is 1. The number of methoxy groups -OCH3 is 1. The lowest BCUT2D eigenvalue weighted by Gasteiger charge is -2.09. The molecular weight excluding hydrogens is 268 g/mol. The van der Waals surface area contributed by atoms with Crippen molar-refractivity contribution in [2.75, 3.05) is 12.4 Å². The van der Waals surface area contributed by atoms with E-state index in [0.717, 1.165) is 18.4 Å². The summed E-state index contributed by atoms with van der Waals surface area (Å²) in [5.41, 5.74) is 2.01. The molecule has 0 aliphatic heterocycles. The van der Waals surface area contributed by atoms with Crippen LogP contribution in [-0.4, -0.2) is 24.3 Å². The van der Waals surface area contributed by atoms with E-state index in [1.165, 1.54) is 5.56 Å². The molecule has 0 heterocycles. The molecule has 0 fully saturated rings. The van der Waals surface area contributed by atoms with Crippen LogP contribution >= 0.6 is 15.9 Å². The smallest absolute Gasteiger partial charge is 0.173 e. The summed E-state index contributed by atoms with van der Waals surface area (Å²) in [4.78, 5) is 11.4. The lowest BCUT2D eigenvalue weighted by atomic mass is 10.0. The van der Waals surface area contributed by atoms with E-state index in [1.54, 1.807) is 7.11 Å². The Bertz CT molecular complexity index is 332. The van der Waals surface area contributed by atoms with Crippen LogP contribution in [0.4, 0.5) is 0 Å². The van der Waals surface area contributed by atoms with Crippen molar-refractivity contribution in [2.45, 2.75) is 25.9 Å². The first-order valence-electron chi connectivity index (χ1n) is 5.38. The van der Waals surface area contributed by atoms with Gasteiger partial charge in [0.05, 0.1) is 11.4 Å². The number of hydrogen-bond acceptors (Lipinski definition) is 2. The van der Waals surface area contributed by atoms with Crippen molar-refractivity contribution < 1.29 is 9.53 Å². The summed E-state index contributed by atoms with van der Waals surface area (Å²) in [6.07, 6.45) is 2.27. The normalized spacial score (nSPS) is 12.4. The van der Waals surface area contributed by atoms with Gasteiger partial charge < -0.3 is 4.74 Å². The predicted molar refractivity (Wildman–Crippen MR) is 69.4 cm³/mol. The molecule has 0 aromatic heterocycles. The lowest BCUT2D eigenvalue weighted by molar-refractivity contribution is 0.102. The molecule has 0 aliphatic rings. The van der Waals surface area contributed by atoms with Gasteiger partial charge in [0.25, 0.3) is 0 Å². The molecule has 0 saturated carbocycles. The van der Waals surface area contributed by atoms with Gasteiger partial charge in [0.15, 0.2) is 5.78 Å². The molecule has 0 radical (unpaired) electrons. The maximum absolute atomic E-state index is 11.4. The number of Topliss-reactive ketones (excluding diaryl/α,β-unsaturated/α-hetero) is 1. The van der Waals surface area contributed by atoms with Crippen LogP contribution in [0.5, 0.6) is 0 Å². The molecule has 1 atom stereocenters. The minimum absolute atomic E-state index is 0.122. The highest BCUT2D eigenvalue weighted by Crippen LogP contribution is 2.10. The minimum Gasteiger partial charge on any atom is -0.382 e. The van der Waals surface area contributed by atoms with Gasteiger partial charge in [0.1, 0.15) is 0 Å². The van der Waals surface area contributed by atoms with Gasteiger partial charge in [-0.1, -0.05) is 40.2 Å². The number of ketones is 1. The molecule has 0 bridgehead atoms. The maximum atomic E-state index is 11.4. The molecule has 2 nitrogen and oxygen atoms in total. The number of halogens is 1. The zero-order valence-electron chi connectivity index (χ0n) is 9.70. The molecule has 16 heavy (non-hydrogen) atoms. The highest BCUT2D eigenvalue weighted by molar-refractivity contribution is 9.09. The standard InChI is InChI=1S/C13H17BrO2/c1-10(16-2)3-4-11-5-7-12(8-6-11)13(15)9-14/h5-8,10H,3-4,9H2,1-2H3. The Labute approximate surface area is 105 Å². The third kappa shape index (κ3) is 4.06. The average Bonchev–Trinajstić information content (AvgIpc) is 2.35. The summed E-state index contributed by atoms with van der Waals surface area (Å²) in [6, 6.07) is 7.79. The third-order valence-electron chi connectivity index (χ3n) is 2.64. The van der Waals surface area contributed by atoms with Gasteiger partial charge in [0, 0.05) is 12.7 Å². The Morgan fingerprint density at radius 2 is 2.00 bits per heavy atom. The zero-order valence-corrected chi connectivity index (χ0v) is 11.3. The number of alkyl halides is 1. The van der Waals surface area contributed by atoms with Crippen molar-refractivity contribution in [1.29, 1.82) is 0 Å². The van der Waals surface area contributed by atoms with Crippen LogP contribution < -0.4 is 0 Å². The van der Waals surface area contributed by atoms with Crippen molar-refractivity contribution in [1.82, 2.24) is 0 Å². The summed E-state index contributed by atoms with van der Waals surface area (Å²) in [7, 11) is 1.72. The fourth-order valence-corrected chi connectivity index (χ4v) is 1.75. The summed E-state index contributed by atoms with van der Waals surface area (Å²) in [5, 5.41) is 0.382. The van der Waals surface area contributed by atoms with Gasteiger partial charge in [-0.05, 0) is 25.3 Å². The van der Waals surface area contributed by atoms with E-state index in [1.807, 2.05) is 24.3 Å². The number of rotatable bonds is 6. The van der Waals surface area contributed by atoms with E-state index in [-0.39, 0.29) is 11.9 Å². The number of benzene rings is 1. The van der Waals surface area contributed by atoms with Crippen molar-refractivity contribution in [3.05, 3.63) is 35.4 Å². The Kier molecular flexibility index (Phi) is 5.71. The van der Waals surface area contributed by atoms with E-state index in [9.17, 15) is 4.79 Å². The summed E-state index contributed by atoms with van der Waals surface area (Å²) >= 11 is 3.16. The predicted octanol–water partition coefficient (Wildman–Crippen LogP) is 3.23. The summed E-state index contributed by atoms with van der Waals surface area (Å²) in [5.74, 6) is 0.122. The van der Waals surface area contributed by atoms with Gasteiger partial charge in [-0.2, -0.15) is 0 Å². The average molecular weight is 285 g/mol. The number of aryl methyl sites for hydroxylation is 1. The second kappa shape index (κ2) is 6.81. The van der Waals surface area contributed by atoms with Crippen molar-refractivity contribution in [2.24, 2.45) is 0 Å². The molecule has 3 heteroatoms. The van der Waals surface area contributed by atoms with Gasteiger partial charge >= 0.3 is 0 Å². The first-order valence-corrected chi connectivity index (χ1v) is 6.50. The summed E-state index contributed by atoms with van der Waals surface area (Å²) in [6.45, 7) is 2.06. The molecule has 1 unspecified atom stereocenters. The Morgan fingerprint density at radius 1 is 1.38 bits per heavy atom. The van der Waals surface area contributed by atoms with E-state index in [0.29, 0.717) is 5.33 Å². The molecule has 0 N–H and O–H groups in total. The second-order valence-corrected chi connectivity index (χ2v) is 4.40. The second-order valence-electron chi connectivity index (χ2n) is 3.84. The van der Waals surface area contributed by atoms with Crippen molar-refractivity contribution in [3.8, 4) is 0 Å². The maximum Gasteiger partial charge on any atom is 0.173 e. The largest absolute Gasteiger partial charge is 0.382 e. The van der Waals surface area contributed by atoms with Crippen LogP contribution in [0.25, 0.3) is 0 Å². The highest BCUT2D eigenvalue weighted by atomic mass is 79.9. The van der Waals surface area contributed by atoms with Crippen LogP contribution in [0.15, 0.2) is 24.3 Å². The Balaban J connectivity index is 2.54. The van der Waals surface area contributed by atoms with Gasteiger partial charge in [0.2, 0.25) is 0 Å². The van der Waals surface area contributed by atoms with Crippen LogP contribution in [-0.2, 0) is 11.2 Å². The lowest BCUT2D eigenvalue weighted by Crippen LogP contribution is -2.06. The van der Waals surface area contributed by atoms with Crippen LogP contribution in [0, 0.1) is 0 Å². The Morgan fingerprint density at radius 3 is 2.50 bits per heavy atom. The van der Waals surface area contributed by atoms with Crippen molar-refractivity contribution in [3.63, 3.8) is 0 Å². The molecule has 1 aromatic carbocycles. The van der Waals surface area contributed by atoms with E-state index in [2.05, 4.69) is 22.9 Å². The number of carbonyl (C=O) groups is 1. The molecule has 0 aliphatic carbocycles. The molecule has 0 amide bonds. The Hall–Kier alpha value is -0.670. The first-order chi connectivity index (χ1) is 7.67. The number of carbonyl (C=O) groups excluding carboxylic acids is 1. The van der Waals surface area contributed by atoms with Crippen LogP contribution in [0.3, 0.4) is 0 Å². The topological polar surface area (TPSA) is 26.3 Å². The highest BCUT2D eigenvalue weighted by Gasteiger charge is 2.04. The SMILES string of the molecule is COC(C)CCc1ccc(C(=O)CBr)cc1. The van der Waals surface area contributed by atoms with Gasteiger partial charge in [-0.25, -0.2) is 0 Å². The zero-order chi connectivity index (χ0) is 12.0. The number of hydrogen-bond donors (Lipinski definition) is 0. The van der Waals surface area contributed by atoms with E-state index in [4.69, 9.17) is 4.74 Å². The third-order valence-corrected chi connectivity index (χ3v) is 3.15. The molecular formula is C13H17BrO2.